The van der Waals surface area contributed by atoms with Crippen molar-refractivity contribution in [3.8, 4) is 0 Å². The van der Waals surface area contributed by atoms with E-state index in [1.165, 1.54) is 4.31 Å². The van der Waals surface area contributed by atoms with E-state index in [0.29, 0.717) is 42.1 Å². The molecule has 3 heterocycles. The Morgan fingerprint density at radius 1 is 1.15 bits per heavy atom. The van der Waals surface area contributed by atoms with Gasteiger partial charge >= 0.3 is 10.2 Å². The lowest BCUT2D eigenvalue weighted by Gasteiger charge is -2.29. The van der Waals surface area contributed by atoms with Crippen LogP contribution in [0.3, 0.4) is 0 Å². The number of aromatic nitrogens is 2. The molecule has 9 nitrogen and oxygen atoms in total. The normalized spacial score (nSPS) is 17.5. The van der Waals surface area contributed by atoms with Gasteiger partial charge in [0.2, 0.25) is 0 Å². The van der Waals surface area contributed by atoms with Crippen LogP contribution in [0.4, 0.5) is 5.69 Å². The number of hydrogen-bond donors (Lipinski definition) is 1. The Morgan fingerprint density at radius 2 is 1.93 bits per heavy atom. The molecule has 12 heteroatoms. The lowest BCUT2D eigenvalue weighted by atomic mass is 10.1. The number of aryl methyl sites for hydroxylation is 1. The fourth-order valence-electron chi connectivity index (χ4n) is 5.37. The Morgan fingerprint density at radius 3 is 2.65 bits per heavy atom. The van der Waals surface area contributed by atoms with E-state index in [2.05, 4.69) is 9.71 Å². The Kier molecular flexibility index (Phi) is 6.89. The number of hydrogen-bond acceptors (Lipinski definition) is 6. The molecule has 2 aromatic heterocycles. The van der Waals surface area contributed by atoms with E-state index in [1.807, 2.05) is 55.5 Å². The SMILES string of the molecule is CCc1ccc2c(c1)c(N1CCCNS1(=O)=O)c(C(=O)CS(=O)(=O)C1CC1)n2Cc1cc2ccccc2nc1Cl. The van der Waals surface area contributed by atoms with E-state index < -0.39 is 36.8 Å². The summed E-state index contributed by atoms with van der Waals surface area (Å²) in [7, 11) is -7.63. The van der Waals surface area contributed by atoms with Crippen LogP contribution in [0.5, 0.6) is 0 Å². The van der Waals surface area contributed by atoms with Gasteiger partial charge < -0.3 is 4.57 Å². The van der Waals surface area contributed by atoms with E-state index in [0.717, 1.165) is 16.5 Å². The Balaban J connectivity index is 1.61. The van der Waals surface area contributed by atoms with Crippen molar-refractivity contribution < 1.29 is 21.6 Å². The van der Waals surface area contributed by atoms with Crippen molar-refractivity contribution >= 4 is 64.9 Å². The van der Waals surface area contributed by atoms with Gasteiger partial charge in [-0.1, -0.05) is 42.8 Å². The third kappa shape index (κ3) is 4.89. The van der Waals surface area contributed by atoms with Crippen LogP contribution >= 0.6 is 11.6 Å². The summed E-state index contributed by atoms with van der Waals surface area (Å²) in [5, 5.41) is 1.16. The molecule has 1 aliphatic carbocycles. The zero-order valence-corrected chi connectivity index (χ0v) is 24.3. The predicted molar refractivity (Wildman–Crippen MR) is 157 cm³/mol. The fraction of sp³-hybridized carbons (Fsp3) is 0.357. The van der Waals surface area contributed by atoms with Gasteiger partial charge in [-0.05, 0) is 55.5 Å². The van der Waals surface area contributed by atoms with Crippen LogP contribution in [0.2, 0.25) is 5.15 Å². The van der Waals surface area contributed by atoms with Crippen LogP contribution in [0.25, 0.3) is 21.8 Å². The number of nitrogens with zero attached hydrogens (tertiary/aromatic N) is 3. The highest BCUT2D eigenvalue weighted by molar-refractivity contribution is 7.93. The number of fused-ring (bicyclic) bond motifs is 2. The molecule has 0 radical (unpaired) electrons. The van der Waals surface area contributed by atoms with Crippen molar-refractivity contribution in [3.63, 3.8) is 0 Å². The highest BCUT2D eigenvalue weighted by Gasteiger charge is 2.40. The van der Waals surface area contributed by atoms with E-state index in [9.17, 15) is 21.6 Å². The summed E-state index contributed by atoms with van der Waals surface area (Å²) >= 11 is 6.62. The minimum absolute atomic E-state index is 0.0454. The molecule has 2 aromatic carbocycles. The third-order valence-corrected chi connectivity index (χ3v) is 11.6. The molecule has 40 heavy (non-hydrogen) atoms. The van der Waals surface area contributed by atoms with E-state index in [1.54, 1.807) is 4.57 Å². The molecule has 1 saturated heterocycles. The molecule has 0 bridgehead atoms. The third-order valence-electron chi connectivity index (χ3n) is 7.58. The number of carbonyl (C=O) groups is 1. The molecule has 1 saturated carbocycles. The van der Waals surface area contributed by atoms with Gasteiger partial charge in [0.25, 0.3) is 0 Å². The Hall–Kier alpha value is -2.99. The average molecular weight is 601 g/mol. The molecule has 2 aliphatic rings. The second-order valence-corrected chi connectivity index (χ2v) is 14.7. The highest BCUT2D eigenvalue weighted by Crippen LogP contribution is 2.39. The summed E-state index contributed by atoms with van der Waals surface area (Å²) in [5.41, 5.74) is 3.18. The molecule has 1 aliphatic heterocycles. The van der Waals surface area contributed by atoms with Gasteiger partial charge in [-0.2, -0.15) is 13.1 Å². The second-order valence-electron chi connectivity index (χ2n) is 10.4. The second kappa shape index (κ2) is 10.1. The Bertz CT molecular complexity index is 1880. The fourth-order valence-corrected chi connectivity index (χ4v) is 8.52. The van der Waals surface area contributed by atoms with Gasteiger partial charge in [-0.15, -0.1) is 0 Å². The first-order valence-corrected chi connectivity index (χ1v) is 16.8. The minimum atomic E-state index is -3.96. The number of para-hydroxylation sites is 1. The number of rotatable bonds is 8. The topological polar surface area (TPSA) is 118 Å². The van der Waals surface area contributed by atoms with Crippen molar-refractivity contribution in [2.24, 2.45) is 0 Å². The number of carbonyl (C=O) groups excluding carboxylic acids is 1. The Labute approximate surface area is 238 Å². The molecule has 0 spiro atoms. The van der Waals surface area contributed by atoms with Crippen LogP contribution < -0.4 is 9.03 Å². The first kappa shape index (κ1) is 27.2. The van der Waals surface area contributed by atoms with E-state index in [4.69, 9.17) is 11.6 Å². The lowest BCUT2D eigenvalue weighted by molar-refractivity contribution is 0.101. The summed E-state index contributed by atoms with van der Waals surface area (Å²) in [6, 6.07) is 15.1. The standard InChI is InChI=1S/C28H29ClN4O5S2/c1-2-18-8-11-24-22(14-18)26(33-13-5-12-30-40(33,37)38)27(25(34)17-39(35,36)21-9-10-21)32(24)16-20-15-19-6-3-4-7-23(19)31-28(20)29/h3-4,6-8,11,14-15,21,30H,2,5,9-10,12-13,16-17H2,1H3. The lowest BCUT2D eigenvalue weighted by Crippen LogP contribution is -2.47. The van der Waals surface area contributed by atoms with Crippen molar-refractivity contribution in [1.29, 1.82) is 0 Å². The van der Waals surface area contributed by atoms with Crippen molar-refractivity contribution in [2.45, 2.75) is 44.4 Å². The molecule has 0 atom stereocenters. The van der Waals surface area contributed by atoms with Crippen molar-refractivity contribution in [2.75, 3.05) is 23.1 Å². The molecule has 210 valence electrons. The van der Waals surface area contributed by atoms with Crippen LogP contribution in [0, 0.1) is 0 Å². The number of Topliss-reactive ketones (excluding diaryl/α,β-unsaturated/α-hetero) is 1. The number of halogens is 1. The largest absolute Gasteiger partial charge is 0.332 e. The van der Waals surface area contributed by atoms with Gasteiger partial charge in [-0.25, -0.2) is 13.4 Å². The van der Waals surface area contributed by atoms with Crippen LogP contribution in [-0.2, 0) is 33.0 Å². The zero-order chi connectivity index (χ0) is 28.2. The number of benzene rings is 2. The van der Waals surface area contributed by atoms with Gasteiger partial charge in [0.15, 0.2) is 15.6 Å². The molecule has 2 fully saturated rings. The van der Waals surface area contributed by atoms with Crippen LogP contribution in [0.1, 0.15) is 47.8 Å². The maximum absolute atomic E-state index is 14.0. The predicted octanol–water partition coefficient (Wildman–Crippen LogP) is 4.26. The van der Waals surface area contributed by atoms with Crippen LogP contribution in [-0.4, -0.2) is 56.3 Å². The molecule has 4 aromatic rings. The maximum atomic E-state index is 14.0. The minimum Gasteiger partial charge on any atom is -0.332 e. The molecule has 0 amide bonds. The summed E-state index contributed by atoms with van der Waals surface area (Å²) in [6.07, 6.45) is 2.31. The molecular formula is C28H29ClN4O5S2. The first-order chi connectivity index (χ1) is 19.1. The van der Waals surface area contributed by atoms with E-state index >= 15 is 0 Å². The molecule has 1 N–H and O–H groups in total. The number of nitrogens with one attached hydrogen (secondary N) is 1. The number of pyridine rings is 1. The highest BCUT2D eigenvalue weighted by atomic mass is 35.5. The quantitative estimate of drug-likeness (QED) is 0.238. The smallest absolute Gasteiger partial charge is 0.301 e. The summed E-state index contributed by atoms with van der Waals surface area (Å²) in [4.78, 5) is 18.5. The first-order valence-electron chi connectivity index (χ1n) is 13.3. The molecular weight excluding hydrogens is 572 g/mol. The zero-order valence-electron chi connectivity index (χ0n) is 21.9. The van der Waals surface area contributed by atoms with Crippen molar-refractivity contribution in [3.05, 3.63) is 70.5 Å². The van der Waals surface area contributed by atoms with Gasteiger partial charge in [-0.3, -0.25) is 9.10 Å². The van der Waals surface area contributed by atoms with Gasteiger partial charge in [0.1, 0.15) is 16.6 Å². The van der Waals surface area contributed by atoms with Crippen molar-refractivity contribution in [1.82, 2.24) is 14.3 Å². The summed E-state index contributed by atoms with van der Waals surface area (Å²) < 4.78 is 58.0. The summed E-state index contributed by atoms with van der Waals surface area (Å²) in [5.74, 6) is -1.33. The molecule has 0 unspecified atom stereocenters. The number of ketones is 1. The van der Waals surface area contributed by atoms with Gasteiger partial charge in [0.05, 0.1) is 28.5 Å². The number of anilines is 1. The van der Waals surface area contributed by atoms with Crippen LogP contribution in [0.15, 0.2) is 48.5 Å². The monoisotopic (exact) mass is 600 g/mol. The number of sulfone groups is 1. The maximum Gasteiger partial charge on any atom is 0.301 e. The van der Waals surface area contributed by atoms with Gasteiger partial charge in [0, 0.05) is 29.4 Å². The summed E-state index contributed by atoms with van der Waals surface area (Å²) in [6.45, 7) is 2.55. The molecule has 6 rings (SSSR count). The van der Waals surface area contributed by atoms with E-state index in [-0.39, 0.29) is 36.2 Å². The average Bonchev–Trinajstić information content (AvgIpc) is 3.73.